The normalized spacial score (nSPS) is 18.7. The molecule has 0 radical (unpaired) electrons. The fraction of sp³-hybridized carbons (Fsp3) is 0.300. The molecule has 0 spiro atoms. The number of carbonyl (C=O) groups is 1. The number of rotatable bonds is 2. The van der Waals surface area contributed by atoms with Crippen LogP contribution >= 0.6 is 0 Å². The number of aromatic carboxylic acids is 1. The summed E-state index contributed by atoms with van der Waals surface area (Å²) in [6.07, 6.45) is 0. The van der Waals surface area contributed by atoms with Gasteiger partial charge < -0.3 is 5.11 Å². The predicted octanol–water partition coefficient (Wildman–Crippen LogP) is 0.0990. The molecule has 1 aromatic carbocycles. The fourth-order valence-corrected chi connectivity index (χ4v) is 3.46. The molecule has 0 bridgehead atoms. The lowest BCUT2D eigenvalue weighted by Gasteiger charge is -2.26. The number of hydrogen-bond acceptors (Lipinski definition) is 5. The average molecular weight is 267 g/mol. The van der Waals surface area contributed by atoms with Crippen LogP contribution in [0.1, 0.15) is 16.4 Å². The van der Waals surface area contributed by atoms with Crippen LogP contribution in [-0.4, -0.2) is 46.0 Å². The lowest BCUT2D eigenvalue weighted by Crippen LogP contribution is -2.38. The zero-order chi connectivity index (χ0) is 12.9. The van der Waals surface area contributed by atoms with Gasteiger partial charge in [-0.15, -0.1) is 5.10 Å². The van der Waals surface area contributed by atoms with Crippen LogP contribution in [0.5, 0.6) is 0 Å². The summed E-state index contributed by atoms with van der Waals surface area (Å²) in [6.45, 7) is 0. The largest absolute Gasteiger partial charge is 0.478 e. The molecule has 1 aliphatic rings. The van der Waals surface area contributed by atoms with E-state index in [1.807, 2.05) is 0 Å². The lowest BCUT2D eigenvalue weighted by molar-refractivity contribution is 0.0698. The summed E-state index contributed by atoms with van der Waals surface area (Å²) in [5.74, 6) is -1.11. The van der Waals surface area contributed by atoms with Gasteiger partial charge in [0.05, 0.1) is 23.1 Å². The Morgan fingerprint density at radius 1 is 1.39 bits per heavy atom. The Labute approximate surface area is 102 Å². The fourth-order valence-electron chi connectivity index (χ4n) is 2.10. The summed E-state index contributed by atoms with van der Waals surface area (Å²) >= 11 is 0. The smallest absolute Gasteiger partial charge is 0.337 e. The highest BCUT2D eigenvalue weighted by molar-refractivity contribution is 7.92. The van der Waals surface area contributed by atoms with Gasteiger partial charge in [0.25, 0.3) is 0 Å². The van der Waals surface area contributed by atoms with E-state index in [0.717, 1.165) is 0 Å². The van der Waals surface area contributed by atoms with Crippen LogP contribution in [0.3, 0.4) is 0 Å². The standard InChI is InChI=1S/C10H9N3O4S/c14-10(15)7-2-1-3-8-9(7)13(12-11-8)6-4-18(16,17)5-6/h1-3,6H,4-5H2,(H,14,15). The number of sulfone groups is 1. The molecule has 0 saturated carbocycles. The molecule has 7 nitrogen and oxygen atoms in total. The molecule has 94 valence electrons. The van der Waals surface area contributed by atoms with Crippen molar-refractivity contribution in [2.45, 2.75) is 6.04 Å². The zero-order valence-corrected chi connectivity index (χ0v) is 9.96. The van der Waals surface area contributed by atoms with Crippen LogP contribution in [0.4, 0.5) is 0 Å². The Kier molecular flexibility index (Phi) is 2.18. The summed E-state index contributed by atoms with van der Waals surface area (Å²) in [5.41, 5.74) is 0.922. The zero-order valence-electron chi connectivity index (χ0n) is 9.15. The Hall–Kier alpha value is -1.96. The van der Waals surface area contributed by atoms with Crippen molar-refractivity contribution in [1.82, 2.24) is 15.0 Å². The maximum absolute atomic E-state index is 11.2. The summed E-state index contributed by atoms with van der Waals surface area (Å²) in [6, 6.07) is 4.37. The number of benzene rings is 1. The molecule has 1 aliphatic heterocycles. The SMILES string of the molecule is O=C(O)c1cccc2nnn(C3CS(=O)(=O)C3)c12. The van der Waals surface area contributed by atoms with E-state index in [4.69, 9.17) is 5.11 Å². The molecule has 3 rings (SSSR count). The number of nitrogens with zero attached hydrogens (tertiary/aromatic N) is 3. The summed E-state index contributed by atoms with van der Waals surface area (Å²) < 4.78 is 23.7. The highest BCUT2D eigenvalue weighted by Crippen LogP contribution is 2.27. The molecule has 18 heavy (non-hydrogen) atoms. The molecule has 0 atom stereocenters. The van der Waals surface area contributed by atoms with Crippen molar-refractivity contribution in [3.05, 3.63) is 23.8 Å². The quantitative estimate of drug-likeness (QED) is 0.827. The van der Waals surface area contributed by atoms with Crippen LogP contribution in [0.25, 0.3) is 11.0 Å². The van der Waals surface area contributed by atoms with Gasteiger partial charge in [-0.25, -0.2) is 17.9 Å². The van der Waals surface area contributed by atoms with E-state index in [-0.39, 0.29) is 23.1 Å². The topological polar surface area (TPSA) is 102 Å². The minimum Gasteiger partial charge on any atom is -0.478 e. The minimum atomic E-state index is -2.99. The van der Waals surface area contributed by atoms with Crippen LogP contribution in [0.15, 0.2) is 18.2 Å². The molecule has 8 heteroatoms. The van der Waals surface area contributed by atoms with Crippen LogP contribution in [0, 0.1) is 0 Å². The highest BCUT2D eigenvalue weighted by atomic mass is 32.2. The van der Waals surface area contributed by atoms with Gasteiger partial charge in [0.1, 0.15) is 11.0 Å². The molecular weight excluding hydrogens is 258 g/mol. The van der Waals surface area contributed by atoms with Crippen molar-refractivity contribution in [3.8, 4) is 0 Å². The molecule has 2 heterocycles. The monoisotopic (exact) mass is 267 g/mol. The minimum absolute atomic E-state index is 0.0145. The molecule has 0 amide bonds. The lowest BCUT2D eigenvalue weighted by atomic mass is 10.1. The Balaban J connectivity index is 2.16. The van der Waals surface area contributed by atoms with Crippen molar-refractivity contribution in [2.75, 3.05) is 11.5 Å². The number of fused-ring (bicyclic) bond motifs is 1. The van der Waals surface area contributed by atoms with Gasteiger partial charge in [-0.1, -0.05) is 11.3 Å². The molecule has 1 aromatic heterocycles. The Morgan fingerprint density at radius 3 is 2.72 bits per heavy atom. The maximum atomic E-state index is 11.2. The number of hydrogen-bond donors (Lipinski definition) is 1. The number of carboxylic acids is 1. The molecule has 1 saturated heterocycles. The predicted molar refractivity (Wildman–Crippen MR) is 62.2 cm³/mol. The Morgan fingerprint density at radius 2 is 2.11 bits per heavy atom. The van der Waals surface area contributed by atoms with E-state index in [1.54, 1.807) is 12.1 Å². The highest BCUT2D eigenvalue weighted by Gasteiger charge is 2.37. The van der Waals surface area contributed by atoms with Gasteiger partial charge in [-0.3, -0.25) is 0 Å². The molecule has 2 aromatic rings. The first-order valence-corrected chi connectivity index (χ1v) is 7.08. The van der Waals surface area contributed by atoms with E-state index < -0.39 is 15.8 Å². The van der Waals surface area contributed by atoms with E-state index in [9.17, 15) is 13.2 Å². The van der Waals surface area contributed by atoms with Crippen molar-refractivity contribution < 1.29 is 18.3 Å². The summed E-state index contributed by atoms with van der Waals surface area (Å²) in [4.78, 5) is 11.1. The van der Waals surface area contributed by atoms with Crippen molar-refractivity contribution in [2.24, 2.45) is 0 Å². The Bertz CT molecular complexity index is 738. The first-order valence-electron chi connectivity index (χ1n) is 5.25. The van der Waals surface area contributed by atoms with Crippen molar-refractivity contribution in [1.29, 1.82) is 0 Å². The van der Waals surface area contributed by atoms with Crippen LogP contribution < -0.4 is 0 Å². The van der Waals surface area contributed by atoms with Crippen molar-refractivity contribution in [3.63, 3.8) is 0 Å². The van der Waals surface area contributed by atoms with Gasteiger partial charge in [-0.2, -0.15) is 0 Å². The summed E-state index contributed by atoms with van der Waals surface area (Å²) in [7, 11) is -2.99. The van der Waals surface area contributed by atoms with E-state index in [0.29, 0.717) is 11.0 Å². The van der Waals surface area contributed by atoms with Gasteiger partial charge in [0, 0.05) is 0 Å². The van der Waals surface area contributed by atoms with Gasteiger partial charge in [0.2, 0.25) is 0 Å². The second-order valence-electron chi connectivity index (χ2n) is 4.24. The number of para-hydroxylation sites is 1. The molecule has 1 N–H and O–H groups in total. The number of carboxylic acid groups (broad SMARTS) is 1. The number of aromatic nitrogens is 3. The van der Waals surface area contributed by atoms with E-state index in [2.05, 4.69) is 10.3 Å². The third-order valence-corrected chi connectivity index (χ3v) is 4.75. The average Bonchev–Trinajstić information content (AvgIpc) is 2.68. The first-order chi connectivity index (χ1) is 8.48. The molecule has 1 fully saturated rings. The molecular formula is C10H9N3O4S. The summed E-state index contributed by atoms with van der Waals surface area (Å²) in [5, 5.41) is 16.8. The van der Waals surface area contributed by atoms with Gasteiger partial charge in [0.15, 0.2) is 9.84 Å². The molecule has 0 aliphatic carbocycles. The van der Waals surface area contributed by atoms with E-state index >= 15 is 0 Å². The molecule has 0 unspecified atom stereocenters. The first kappa shape index (κ1) is 11.1. The third-order valence-electron chi connectivity index (χ3n) is 2.96. The second kappa shape index (κ2) is 3.52. The van der Waals surface area contributed by atoms with E-state index in [1.165, 1.54) is 10.7 Å². The second-order valence-corrected chi connectivity index (χ2v) is 6.40. The maximum Gasteiger partial charge on any atom is 0.337 e. The van der Waals surface area contributed by atoms with Crippen LogP contribution in [0.2, 0.25) is 0 Å². The van der Waals surface area contributed by atoms with Gasteiger partial charge >= 0.3 is 5.97 Å². The van der Waals surface area contributed by atoms with Crippen LogP contribution in [-0.2, 0) is 9.84 Å². The van der Waals surface area contributed by atoms with Crippen molar-refractivity contribution >= 4 is 26.8 Å². The van der Waals surface area contributed by atoms with Gasteiger partial charge in [-0.05, 0) is 12.1 Å². The third kappa shape index (κ3) is 1.57.